The van der Waals surface area contributed by atoms with Crippen molar-refractivity contribution in [1.82, 2.24) is 4.90 Å². The summed E-state index contributed by atoms with van der Waals surface area (Å²) >= 11 is 0. The van der Waals surface area contributed by atoms with Gasteiger partial charge in [0.2, 0.25) is 0 Å². The minimum Gasteiger partial charge on any atom is -0.302 e. The Morgan fingerprint density at radius 2 is 1.79 bits per heavy atom. The smallest absolute Gasteiger partial charge is 0.135 e. The van der Waals surface area contributed by atoms with Crippen LogP contribution in [-0.4, -0.2) is 30.3 Å². The summed E-state index contributed by atoms with van der Waals surface area (Å²) in [5.74, 6) is 0.456. The molecule has 0 aromatic heterocycles. The van der Waals surface area contributed by atoms with E-state index in [1.54, 1.807) is 0 Å². The standard InChI is InChI=1S/C12H21NO/c1-12(6-2-3-7-12)10-13-8-4-11(14)5-9-13/h2-10H2,1H3. The number of carbonyl (C=O) groups is 1. The molecule has 1 heterocycles. The quantitative estimate of drug-likeness (QED) is 0.673. The molecule has 1 aliphatic carbocycles. The van der Waals surface area contributed by atoms with Gasteiger partial charge in [-0.1, -0.05) is 19.8 Å². The zero-order valence-electron chi connectivity index (χ0n) is 9.22. The van der Waals surface area contributed by atoms with Gasteiger partial charge < -0.3 is 4.90 Å². The predicted octanol–water partition coefficient (Wildman–Crippen LogP) is 2.23. The number of nitrogens with zero attached hydrogens (tertiary/aromatic N) is 1. The molecule has 0 amide bonds. The number of hydrogen-bond acceptors (Lipinski definition) is 2. The van der Waals surface area contributed by atoms with E-state index in [1.165, 1.54) is 32.2 Å². The van der Waals surface area contributed by atoms with E-state index in [2.05, 4.69) is 11.8 Å². The molecule has 0 spiro atoms. The average molecular weight is 195 g/mol. The van der Waals surface area contributed by atoms with Gasteiger partial charge in [0.05, 0.1) is 0 Å². The molecular formula is C12H21NO. The summed E-state index contributed by atoms with van der Waals surface area (Å²) in [6, 6.07) is 0. The first-order valence-electron chi connectivity index (χ1n) is 5.92. The Morgan fingerprint density at radius 3 is 2.36 bits per heavy atom. The summed E-state index contributed by atoms with van der Waals surface area (Å²) in [6.07, 6.45) is 7.16. The van der Waals surface area contributed by atoms with Gasteiger partial charge in [-0.2, -0.15) is 0 Å². The lowest BCUT2D eigenvalue weighted by atomic mass is 9.87. The van der Waals surface area contributed by atoms with Gasteiger partial charge in [-0.05, 0) is 18.3 Å². The second kappa shape index (κ2) is 4.01. The van der Waals surface area contributed by atoms with Crippen LogP contribution in [0.4, 0.5) is 0 Å². The molecule has 0 radical (unpaired) electrons. The van der Waals surface area contributed by atoms with Crippen LogP contribution in [0.3, 0.4) is 0 Å². The maximum Gasteiger partial charge on any atom is 0.135 e. The summed E-state index contributed by atoms with van der Waals surface area (Å²) in [6.45, 7) is 5.65. The molecule has 0 atom stereocenters. The molecule has 0 bridgehead atoms. The predicted molar refractivity (Wildman–Crippen MR) is 57.3 cm³/mol. The Balaban J connectivity index is 1.82. The first-order chi connectivity index (χ1) is 6.68. The van der Waals surface area contributed by atoms with E-state index in [9.17, 15) is 4.79 Å². The van der Waals surface area contributed by atoms with E-state index < -0.39 is 0 Å². The third kappa shape index (κ3) is 2.35. The molecule has 1 aliphatic heterocycles. The van der Waals surface area contributed by atoms with E-state index in [-0.39, 0.29) is 0 Å². The van der Waals surface area contributed by atoms with Crippen LogP contribution in [0.1, 0.15) is 45.4 Å². The Labute approximate surface area is 86.7 Å². The van der Waals surface area contributed by atoms with Crippen molar-refractivity contribution >= 4 is 5.78 Å². The molecule has 2 fully saturated rings. The molecule has 0 aromatic carbocycles. The second-order valence-electron chi connectivity index (χ2n) is 5.33. The number of likely N-dealkylation sites (tertiary alicyclic amines) is 1. The van der Waals surface area contributed by atoms with Gasteiger partial charge in [0.15, 0.2) is 0 Å². The summed E-state index contributed by atoms with van der Waals surface area (Å²) in [5, 5.41) is 0. The highest BCUT2D eigenvalue weighted by Crippen LogP contribution is 2.38. The highest BCUT2D eigenvalue weighted by Gasteiger charge is 2.31. The number of carbonyl (C=O) groups excluding carboxylic acids is 1. The summed E-state index contributed by atoms with van der Waals surface area (Å²) in [4.78, 5) is 13.6. The van der Waals surface area contributed by atoms with Crippen LogP contribution < -0.4 is 0 Å². The van der Waals surface area contributed by atoms with Gasteiger partial charge in [-0.3, -0.25) is 4.79 Å². The molecule has 2 rings (SSSR count). The van der Waals surface area contributed by atoms with Crippen molar-refractivity contribution in [2.45, 2.75) is 45.4 Å². The lowest BCUT2D eigenvalue weighted by Crippen LogP contribution is -2.40. The van der Waals surface area contributed by atoms with Crippen molar-refractivity contribution in [3.63, 3.8) is 0 Å². The van der Waals surface area contributed by atoms with Crippen LogP contribution in [0.15, 0.2) is 0 Å². The first kappa shape index (κ1) is 10.2. The van der Waals surface area contributed by atoms with Gasteiger partial charge in [0.1, 0.15) is 5.78 Å². The second-order valence-corrected chi connectivity index (χ2v) is 5.33. The molecular weight excluding hydrogens is 174 g/mol. The van der Waals surface area contributed by atoms with Crippen LogP contribution >= 0.6 is 0 Å². The Bertz CT molecular complexity index is 208. The van der Waals surface area contributed by atoms with Crippen LogP contribution in [0.25, 0.3) is 0 Å². The van der Waals surface area contributed by atoms with Gasteiger partial charge >= 0.3 is 0 Å². The fourth-order valence-corrected chi connectivity index (χ4v) is 2.89. The minimum atomic E-state index is 0.456. The topological polar surface area (TPSA) is 20.3 Å². The number of ketones is 1. The third-order valence-corrected chi connectivity index (χ3v) is 3.83. The number of rotatable bonds is 2. The van der Waals surface area contributed by atoms with Crippen molar-refractivity contribution in [2.24, 2.45) is 5.41 Å². The molecule has 2 heteroatoms. The van der Waals surface area contributed by atoms with Gasteiger partial charge in [-0.15, -0.1) is 0 Å². The minimum absolute atomic E-state index is 0.456. The molecule has 0 unspecified atom stereocenters. The van der Waals surface area contributed by atoms with Crippen molar-refractivity contribution in [3.05, 3.63) is 0 Å². The SMILES string of the molecule is CC1(CN2CCC(=O)CC2)CCCC1. The Hall–Kier alpha value is -0.370. The van der Waals surface area contributed by atoms with Crippen LogP contribution in [0, 0.1) is 5.41 Å². The summed E-state index contributed by atoms with van der Waals surface area (Å²) in [7, 11) is 0. The largest absolute Gasteiger partial charge is 0.302 e. The monoisotopic (exact) mass is 195 g/mol. The number of hydrogen-bond donors (Lipinski definition) is 0. The van der Waals surface area contributed by atoms with E-state index >= 15 is 0 Å². The maximum absolute atomic E-state index is 11.1. The first-order valence-corrected chi connectivity index (χ1v) is 5.92. The van der Waals surface area contributed by atoms with Crippen LogP contribution in [0.5, 0.6) is 0 Å². The van der Waals surface area contributed by atoms with E-state index in [0.29, 0.717) is 11.2 Å². The van der Waals surface area contributed by atoms with E-state index in [0.717, 1.165) is 25.9 Å². The molecule has 1 saturated heterocycles. The van der Waals surface area contributed by atoms with E-state index in [1.807, 2.05) is 0 Å². The molecule has 1 saturated carbocycles. The third-order valence-electron chi connectivity index (χ3n) is 3.83. The van der Waals surface area contributed by atoms with Crippen molar-refractivity contribution in [2.75, 3.05) is 19.6 Å². The highest BCUT2D eigenvalue weighted by molar-refractivity contribution is 5.79. The summed E-state index contributed by atoms with van der Waals surface area (Å²) < 4.78 is 0. The number of Topliss-reactive ketones (excluding diaryl/α,β-unsaturated/α-hetero) is 1. The zero-order chi connectivity index (χ0) is 10.0. The Morgan fingerprint density at radius 1 is 1.21 bits per heavy atom. The fraction of sp³-hybridized carbons (Fsp3) is 0.917. The van der Waals surface area contributed by atoms with Crippen molar-refractivity contribution < 1.29 is 4.79 Å². The summed E-state index contributed by atoms with van der Waals surface area (Å²) in [5.41, 5.74) is 0.556. The molecule has 14 heavy (non-hydrogen) atoms. The van der Waals surface area contributed by atoms with Gasteiger partial charge in [0, 0.05) is 32.5 Å². The molecule has 2 nitrogen and oxygen atoms in total. The van der Waals surface area contributed by atoms with Gasteiger partial charge in [-0.25, -0.2) is 0 Å². The molecule has 80 valence electrons. The molecule has 2 aliphatic rings. The highest BCUT2D eigenvalue weighted by atomic mass is 16.1. The maximum atomic E-state index is 11.1. The fourth-order valence-electron chi connectivity index (χ4n) is 2.89. The van der Waals surface area contributed by atoms with Crippen molar-refractivity contribution in [3.8, 4) is 0 Å². The molecule has 0 aromatic rings. The normalized spacial score (nSPS) is 28.2. The average Bonchev–Trinajstić information content (AvgIpc) is 2.57. The van der Waals surface area contributed by atoms with Gasteiger partial charge in [0.25, 0.3) is 0 Å². The lowest BCUT2D eigenvalue weighted by molar-refractivity contribution is -0.121. The van der Waals surface area contributed by atoms with Crippen LogP contribution in [-0.2, 0) is 4.79 Å². The number of piperidine rings is 1. The van der Waals surface area contributed by atoms with Crippen molar-refractivity contribution in [1.29, 1.82) is 0 Å². The zero-order valence-corrected chi connectivity index (χ0v) is 9.22. The van der Waals surface area contributed by atoms with Crippen LogP contribution in [0.2, 0.25) is 0 Å². The van der Waals surface area contributed by atoms with E-state index in [4.69, 9.17) is 0 Å². The Kier molecular flexibility index (Phi) is 2.91. The molecule has 0 N–H and O–H groups in total. The lowest BCUT2D eigenvalue weighted by Gasteiger charge is -2.34.